The Hall–Kier alpha value is -2.30. The molecule has 1 N–H and O–H groups in total. The molecular weight excluding hydrogens is 314 g/mol. The summed E-state index contributed by atoms with van der Waals surface area (Å²) in [7, 11) is 4.05. The molecule has 1 aromatic carbocycles. The van der Waals surface area contributed by atoms with Gasteiger partial charge in [0, 0.05) is 37.3 Å². The first-order valence-electron chi connectivity index (χ1n) is 8.76. The number of rotatable bonds is 7. The first-order chi connectivity index (χ1) is 11.8. The molecule has 1 heterocycles. The van der Waals surface area contributed by atoms with Crippen molar-refractivity contribution in [2.24, 2.45) is 5.92 Å². The second-order valence-corrected chi connectivity index (χ2v) is 7.08. The minimum atomic E-state index is -0.115. The zero-order chi connectivity index (χ0) is 18.6. The summed E-state index contributed by atoms with van der Waals surface area (Å²) >= 11 is 0. The van der Waals surface area contributed by atoms with Gasteiger partial charge < -0.3 is 14.7 Å². The summed E-state index contributed by atoms with van der Waals surface area (Å²) in [6.07, 6.45) is 1.47. The average molecular weight is 343 g/mol. The van der Waals surface area contributed by atoms with Crippen molar-refractivity contribution in [1.82, 2.24) is 10.5 Å². The number of aryl methyl sites for hydroxylation is 2. The van der Waals surface area contributed by atoms with E-state index in [0.29, 0.717) is 6.42 Å². The molecule has 25 heavy (non-hydrogen) atoms. The minimum Gasteiger partial charge on any atom is -0.378 e. The van der Waals surface area contributed by atoms with Crippen LogP contribution in [-0.4, -0.2) is 31.2 Å². The van der Waals surface area contributed by atoms with Crippen LogP contribution in [0.5, 0.6) is 0 Å². The predicted molar refractivity (Wildman–Crippen MR) is 101 cm³/mol. The molecule has 2 aromatic rings. The molecule has 5 nitrogen and oxygen atoms in total. The van der Waals surface area contributed by atoms with Crippen LogP contribution in [0.25, 0.3) is 0 Å². The van der Waals surface area contributed by atoms with Gasteiger partial charge in [-0.3, -0.25) is 4.79 Å². The van der Waals surface area contributed by atoms with E-state index in [2.05, 4.69) is 39.6 Å². The summed E-state index contributed by atoms with van der Waals surface area (Å²) < 4.78 is 5.18. The van der Waals surface area contributed by atoms with Crippen LogP contribution in [0.15, 0.2) is 28.8 Å². The second-order valence-electron chi connectivity index (χ2n) is 7.08. The van der Waals surface area contributed by atoms with E-state index in [1.54, 1.807) is 0 Å². The Bertz CT molecular complexity index is 685. The minimum absolute atomic E-state index is 0.0670. The quantitative estimate of drug-likeness (QED) is 0.838. The summed E-state index contributed by atoms with van der Waals surface area (Å²) in [6, 6.07) is 8.52. The molecule has 0 radical (unpaired) electrons. The van der Waals surface area contributed by atoms with Gasteiger partial charge in [-0.05, 0) is 51.3 Å². The van der Waals surface area contributed by atoms with Gasteiger partial charge in [0.15, 0.2) is 0 Å². The number of amides is 1. The highest BCUT2D eigenvalue weighted by Crippen LogP contribution is 2.18. The van der Waals surface area contributed by atoms with E-state index in [1.807, 2.05) is 41.8 Å². The first kappa shape index (κ1) is 19.0. The van der Waals surface area contributed by atoms with Crippen LogP contribution in [0.1, 0.15) is 36.4 Å². The van der Waals surface area contributed by atoms with Crippen molar-refractivity contribution < 1.29 is 9.32 Å². The molecule has 0 fully saturated rings. The van der Waals surface area contributed by atoms with Gasteiger partial charge in [0.05, 0.1) is 5.69 Å². The third-order valence-electron chi connectivity index (χ3n) is 4.52. The van der Waals surface area contributed by atoms with E-state index in [9.17, 15) is 4.79 Å². The van der Waals surface area contributed by atoms with Gasteiger partial charge in [0.25, 0.3) is 0 Å². The van der Waals surface area contributed by atoms with Gasteiger partial charge in [-0.25, -0.2) is 0 Å². The fraction of sp³-hybridized carbons (Fsp3) is 0.500. The topological polar surface area (TPSA) is 58.4 Å². The normalized spacial score (nSPS) is 13.4. The van der Waals surface area contributed by atoms with Crippen LogP contribution >= 0.6 is 0 Å². The smallest absolute Gasteiger partial charge is 0.223 e. The Morgan fingerprint density at radius 1 is 1.16 bits per heavy atom. The highest BCUT2D eigenvalue weighted by molar-refractivity contribution is 5.79. The van der Waals surface area contributed by atoms with Crippen molar-refractivity contribution in [1.29, 1.82) is 0 Å². The predicted octanol–water partition coefficient (Wildman–Crippen LogP) is 3.28. The van der Waals surface area contributed by atoms with Gasteiger partial charge in [0.2, 0.25) is 5.91 Å². The zero-order valence-electron chi connectivity index (χ0n) is 16.1. The monoisotopic (exact) mass is 343 g/mol. The fourth-order valence-corrected chi connectivity index (χ4v) is 2.91. The summed E-state index contributed by atoms with van der Waals surface area (Å²) in [5.41, 5.74) is 4.30. The number of nitrogens with zero attached hydrogens (tertiary/aromatic N) is 2. The van der Waals surface area contributed by atoms with E-state index < -0.39 is 0 Å². The Labute approximate surface area is 150 Å². The number of aromatic nitrogens is 1. The van der Waals surface area contributed by atoms with E-state index >= 15 is 0 Å². The third-order valence-corrected chi connectivity index (χ3v) is 4.52. The number of anilines is 1. The fourth-order valence-electron chi connectivity index (χ4n) is 2.91. The van der Waals surface area contributed by atoms with Crippen molar-refractivity contribution in [2.75, 3.05) is 19.0 Å². The standard InChI is InChI=1S/C20H29N3O2/c1-13(11-19-15(3)22-25-16(19)4)20(24)21-14(2)12-17-7-9-18(10-8-17)23(5)6/h7-10,13-14H,11-12H2,1-6H3,(H,21,24)/t13-,14+/m0/s1. The SMILES string of the molecule is Cc1noc(C)c1C[C@H](C)C(=O)N[C@H](C)Cc1ccc(N(C)C)cc1. The molecule has 0 unspecified atom stereocenters. The van der Waals surface area contributed by atoms with Crippen molar-refractivity contribution in [3.8, 4) is 0 Å². The molecule has 0 spiro atoms. The molecule has 136 valence electrons. The molecule has 0 aliphatic carbocycles. The molecule has 1 aromatic heterocycles. The van der Waals surface area contributed by atoms with E-state index in [1.165, 1.54) is 11.3 Å². The van der Waals surface area contributed by atoms with Crippen LogP contribution in [0.2, 0.25) is 0 Å². The average Bonchev–Trinajstić information content (AvgIpc) is 2.87. The van der Waals surface area contributed by atoms with Gasteiger partial charge in [-0.2, -0.15) is 0 Å². The lowest BCUT2D eigenvalue weighted by Gasteiger charge is -2.18. The van der Waals surface area contributed by atoms with Gasteiger partial charge in [-0.1, -0.05) is 24.2 Å². The second kappa shape index (κ2) is 8.19. The van der Waals surface area contributed by atoms with Gasteiger partial charge in [0.1, 0.15) is 5.76 Å². The Balaban J connectivity index is 1.88. The summed E-state index contributed by atoms with van der Waals surface area (Å²) in [4.78, 5) is 14.5. The highest BCUT2D eigenvalue weighted by atomic mass is 16.5. The molecule has 2 atom stereocenters. The van der Waals surface area contributed by atoms with Crippen LogP contribution in [0.4, 0.5) is 5.69 Å². The molecule has 0 aliphatic heterocycles. The number of hydrogen-bond acceptors (Lipinski definition) is 4. The highest BCUT2D eigenvalue weighted by Gasteiger charge is 2.20. The molecular formula is C20H29N3O2. The van der Waals surface area contributed by atoms with Crippen molar-refractivity contribution in [3.63, 3.8) is 0 Å². The molecule has 2 rings (SSSR count). The van der Waals surface area contributed by atoms with Crippen molar-refractivity contribution in [2.45, 2.75) is 46.6 Å². The maximum atomic E-state index is 12.5. The maximum Gasteiger partial charge on any atom is 0.223 e. The van der Waals surface area contributed by atoms with Crippen LogP contribution in [0.3, 0.4) is 0 Å². The maximum absolute atomic E-state index is 12.5. The van der Waals surface area contributed by atoms with Crippen molar-refractivity contribution in [3.05, 3.63) is 46.8 Å². The lowest BCUT2D eigenvalue weighted by molar-refractivity contribution is -0.125. The third kappa shape index (κ3) is 5.08. The molecule has 1 amide bonds. The summed E-state index contributed by atoms with van der Waals surface area (Å²) in [5.74, 6) is 0.749. The molecule has 0 saturated heterocycles. The Morgan fingerprint density at radius 2 is 1.80 bits per heavy atom. The number of nitrogens with one attached hydrogen (secondary N) is 1. The molecule has 0 aliphatic rings. The Morgan fingerprint density at radius 3 is 2.32 bits per heavy atom. The van der Waals surface area contributed by atoms with Crippen LogP contribution in [0, 0.1) is 19.8 Å². The van der Waals surface area contributed by atoms with Crippen LogP contribution < -0.4 is 10.2 Å². The van der Waals surface area contributed by atoms with Crippen molar-refractivity contribution >= 4 is 11.6 Å². The number of carbonyl (C=O) groups is 1. The largest absolute Gasteiger partial charge is 0.378 e. The Kier molecular flexibility index (Phi) is 6.23. The summed E-state index contributed by atoms with van der Waals surface area (Å²) in [6.45, 7) is 7.79. The van der Waals surface area contributed by atoms with E-state index in [4.69, 9.17) is 4.52 Å². The van der Waals surface area contributed by atoms with Gasteiger partial charge in [-0.15, -0.1) is 0 Å². The van der Waals surface area contributed by atoms with E-state index in [-0.39, 0.29) is 17.9 Å². The molecule has 5 heteroatoms. The number of benzene rings is 1. The lowest BCUT2D eigenvalue weighted by atomic mass is 9.98. The first-order valence-corrected chi connectivity index (χ1v) is 8.76. The number of hydrogen-bond donors (Lipinski definition) is 1. The zero-order valence-corrected chi connectivity index (χ0v) is 16.1. The van der Waals surface area contributed by atoms with Crippen LogP contribution in [-0.2, 0) is 17.6 Å². The summed E-state index contributed by atoms with van der Waals surface area (Å²) in [5, 5.41) is 7.07. The molecule has 0 saturated carbocycles. The lowest BCUT2D eigenvalue weighted by Crippen LogP contribution is -2.38. The number of carbonyl (C=O) groups excluding carboxylic acids is 1. The van der Waals surface area contributed by atoms with E-state index in [0.717, 1.165) is 23.4 Å². The molecule has 0 bridgehead atoms. The van der Waals surface area contributed by atoms with Gasteiger partial charge >= 0.3 is 0 Å².